The molecule has 246 valence electrons. The molecule has 5 atom stereocenters. The summed E-state index contributed by atoms with van der Waals surface area (Å²) in [6.45, 7) is 32.1. The van der Waals surface area contributed by atoms with E-state index in [1.165, 1.54) is 0 Å². The summed E-state index contributed by atoms with van der Waals surface area (Å²) in [5, 5.41) is 0. The summed E-state index contributed by atoms with van der Waals surface area (Å²) in [6, 6.07) is 0.244. The van der Waals surface area contributed by atoms with Gasteiger partial charge < -0.3 is 45.6 Å². The Bertz CT molecular complexity index is 503. The molecule has 6 N–H and O–H groups in total. The summed E-state index contributed by atoms with van der Waals surface area (Å²) >= 11 is 0. The Labute approximate surface area is 248 Å². The highest BCUT2D eigenvalue weighted by atomic mass is 16.7. The van der Waals surface area contributed by atoms with Crippen molar-refractivity contribution in [1.82, 2.24) is 0 Å². The van der Waals surface area contributed by atoms with Gasteiger partial charge in [0.05, 0.1) is 39.6 Å². The van der Waals surface area contributed by atoms with Crippen LogP contribution in [0.15, 0.2) is 0 Å². The lowest BCUT2D eigenvalue weighted by Crippen LogP contribution is -2.36. The van der Waals surface area contributed by atoms with Crippen LogP contribution in [-0.4, -0.2) is 75.6 Å². The van der Waals surface area contributed by atoms with Gasteiger partial charge in [-0.05, 0) is 72.6 Å². The van der Waals surface area contributed by atoms with Crippen molar-refractivity contribution >= 4 is 0 Å². The lowest BCUT2D eigenvalue weighted by Gasteiger charge is -2.28. The Balaban J connectivity index is -0.000000517. The third-order valence-corrected chi connectivity index (χ3v) is 5.30. The maximum Gasteiger partial charge on any atom is 0.162 e. The molecule has 0 amide bonds. The van der Waals surface area contributed by atoms with Gasteiger partial charge in [0.2, 0.25) is 0 Å². The summed E-state index contributed by atoms with van der Waals surface area (Å²) in [5.41, 5.74) is 16.9. The summed E-state index contributed by atoms with van der Waals surface area (Å²) in [7, 11) is 0. The molecule has 0 heterocycles. The number of ether oxygens (including phenoxy) is 6. The van der Waals surface area contributed by atoms with Gasteiger partial charge in [0.1, 0.15) is 0 Å². The van der Waals surface area contributed by atoms with Crippen molar-refractivity contribution in [2.75, 3.05) is 39.6 Å². The zero-order chi connectivity index (χ0) is 31.9. The quantitative estimate of drug-likeness (QED) is 0.156. The van der Waals surface area contributed by atoms with Crippen molar-refractivity contribution in [2.24, 2.45) is 35.0 Å². The molecular formula is C31H71N3O6. The Morgan fingerprint density at radius 2 is 0.900 bits per heavy atom. The highest BCUT2D eigenvalue weighted by molar-refractivity contribution is 4.62. The first-order valence-corrected chi connectivity index (χ1v) is 15.3. The van der Waals surface area contributed by atoms with Crippen LogP contribution in [0, 0.1) is 17.8 Å². The van der Waals surface area contributed by atoms with Gasteiger partial charge in [-0.2, -0.15) is 0 Å². The Hall–Kier alpha value is -0.360. The molecule has 0 spiro atoms. The van der Waals surface area contributed by atoms with Crippen LogP contribution in [0.1, 0.15) is 110 Å². The van der Waals surface area contributed by atoms with Gasteiger partial charge in [0, 0.05) is 18.1 Å². The molecule has 0 rings (SSSR count). The summed E-state index contributed by atoms with van der Waals surface area (Å²) in [4.78, 5) is 0. The van der Waals surface area contributed by atoms with Gasteiger partial charge in [-0.25, -0.2) is 0 Å². The standard InChI is InChI=1S/C12H27NO2.C10H23NO2.C9H21NO2/c1-6-10(3)8-14-12(4,5)15-9-11(13)7-2;1-8(2)6-12-10(4,5)13-7-9(3)11;1-7(2)5-11-9(4)12-6-8(3)10/h10-11H,6-9,13H2,1-5H3;8-9H,6-7,11H2,1-5H3;7-9H,5-6,10H2,1-4H3. The number of hydrogen-bond donors (Lipinski definition) is 3. The van der Waals surface area contributed by atoms with E-state index in [0.717, 1.165) is 26.1 Å². The minimum atomic E-state index is -0.518. The van der Waals surface area contributed by atoms with Gasteiger partial charge in [-0.3, -0.25) is 0 Å². The normalized spacial score (nSPS) is 16.0. The molecule has 0 bridgehead atoms. The second kappa shape index (κ2) is 25.2. The zero-order valence-electron chi connectivity index (χ0n) is 28.9. The van der Waals surface area contributed by atoms with Crippen molar-refractivity contribution in [3.05, 3.63) is 0 Å². The van der Waals surface area contributed by atoms with Crippen molar-refractivity contribution in [3.63, 3.8) is 0 Å². The summed E-state index contributed by atoms with van der Waals surface area (Å²) < 4.78 is 33.1. The van der Waals surface area contributed by atoms with Crippen LogP contribution in [0.4, 0.5) is 0 Å². The van der Waals surface area contributed by atoms with Crippen molar-refractivity contribution in [2.45, 2.75) is 146 Å². The predicted molar refractivity (Wildman–Crippen MR) is 168 cm³/mol. The molecular weight excluding hydrogens is 510 g/mol. The smallest absolute Gasteiger partial charge is 0.162 e. The molecule has 0 aliphatic carbocycles. The maximum atomic E-state index is 5.78. The van der Waals surface area contributed by atoms with Crippen LogP contribution in [0.3, 0.4) is 0 Å². The second-order valence-electron chi connectivity index (χ2n) is 12.7. The molecule has 0 radical (unpaired) electrons. The van der Waals surface area contributed by atoms with Gasteiger partial charge in [0.25, 0.3) is 0 Å². The summed E-state index contributed by atoms with van der Waals surface area (Å²) in [5.74, 6) is 0.617. The molecule has 0 saturated carbocycles. The molecule has 0 aliphatic heterocycles. The third kappa shape index (κ3) is 35.7. The first kappa shape index (κ1) is 44.1. The summed E-state index contributed by atoms with van der Waals surface area (Å²) in [6.07, 6.45) is 1.92. The second-order valence-corrected chi connectivity index (χ2v) is 12.7. The van der Waals surface area contributed by atoms with Crippen LogP contribution >= 0.6 is 0 Å². The van der Waals surface area contributed by atoms with E-state index in [2.05, 4.69) is 48.5 Å². The van der Waals surface area contributed by atoms with Crippen molar-refractivity contribution in [1.29, 1.82) is 0 Å². The fourth-order valence-electron chi connectivity index (χ4n) is 2.33. The van der Waals surface area contributed by atoms with Crippen LogP contribution in [-0.2, 0) is 28.4 Å². The maximum absolute atomic E-state index is 5.78. The highest BCUT2D eigenvalue weighted by Gasteiger charge is 2.21. The predicted octanol–water partition coefficient (Wildman–Crippen LogP) is 5.67. The molecule has 0 saturated heterocycles. The third-order valence-electron chi connectivity index (χ3n) is 5.30. The Kier molecular flexibility index (Phi) is 27.7. The molecule has 0 aromatic heterocycles. The van der Waals surface area contributed by atoms with Crippen LogP contribution in [0.2, 0.25) is 0 Å². The van der Waals surface area contributed by atoms with Gasteiger partial charge in [0.15, 0.2) is 17.9 Å². The van der Waals surface area contributed by atoms with E-state index in [0.29, 0.717) is 44.2 Å². The number of nitrogens with two attached hydrogens (primary N) is 3. The molecule has 40 heavy (non-hydrogen) atoms. The van der Waals surface area contributed by atoms with E-state index in [-0.39, 0.29) is 24.4 Å². The monoisotopic (exact) mass is 582 g/mol. The minimum Gasteiger partial charge on any atom is -0.353 e. The Morgan fingerprint density at radius 1 is 0.500 bits per heavy atom. The van der Waals surface area contributed by atoms with E-state index < -0.39 is 11.6 Å². The average molecular weight is 582 g/mol. The average Bonchev–Trinajstić information content (AvgIpc) is 2.86. The first-order chi connectivity index (χ1) is 18.3. The molecule has 5 unspecified atom stereocenters. The Morgan fingerprint density at radius 3 is 1.30 bits per heavy atom. The van der Waals surface area contributed by atoms with E-state index in [1.807, 2.05) is 48.5 Å². The van der Waals surface area contributed by atoms with Gasteiger partial charge in [-0.1, -0.05) is 54.9 Å². The zero-order valence-corrected chi connectivity index (χ0v) is 28.9. The number of rotatable bonds is 20. The molecule has 9 nitrogen and oxygen atoms in total. The van der Waals surface area contributed by atoms with Crippen molar-refractivity contribution in [3.8, 4) is 0 Å². The molecule has 0 aromatic carbocycles. The first-order valence-electron chi connectivity index (χ1n) is 15.3. The van der Waals surface area contributed by atoms with E-state index in [4.69, 9.17) is 45.6 Å². The van der Waals surface area contributed by atoms with Gasteiger partial charge >= 0.3 is 0 Å². The van der Waals surface area contributed by atoms with Crippen LogP contribution in [0.5, 0.6) is 0 Å². The molecule has 0 fully saturated rings. The van der Waals surface area contributed by atoms with Crippen LogP contribution < -0.4 is 17.2 Å². The fraction of sp³-hybridized carbons (Fsp3) is 1.00. The number of hydrogen-bond acceptors (Lipinski definition) is 9. The van der Waals surface area contributed by atoms with E-state index >= 15 is 0 Å². The molecule has 0 aromatic rings. The minimum absolute atomic E-state index is 0.0573. The van der Waals surface area contributed by atoms with Gasteiger partial charge in [-0.15, -0.1) is 0 Å². The largest absolute Gasteiger partial charge is 0.353 e. The molecule has 0 aliphatic rings. The molecule has 9 heteroatoms. The lowest BCUT2D eigenvalue weighted by molar-refractivity contribution is -0.220. The highest BCUT2D eigenvalue weighted by Crippen LogP contribution is 2.15. The topological polar surface area (TPSA) is 133 Å². The van der Waals surface area contributed by atoms with E-state index in [1.54, 1.807) is 0 Å². The fourth-order valence-corrected chi connectivity index (χ4v) is 2.33. The van der Waals surface area contributed by atoms with Crippen molar-refractivity contribution < 1.29 is 28.4 Å². The SMILES string of the molecule is CC(C)COC(C)(C)OCC(C)N.CC(C)COC(C)OCC(C)N.CCC(C)COC(C)(C)OCC(N)CC. The lowest BCUT2D eigenvalue weighted by atomic mass is 10.1. The van der Waals surface area contributed by atoms with Crippen LogP contribution in [0.25, 0.3) is 0 Å². The van der Waals surface area contributed by atoms with E-state index in [9.17, 15) is 0 Å².